The molecule has 170 valence electrons. The fourth-order valence-electron chi connectivity index (χ4n) is 4.04. The van der Waals surface area contributed by atoms with Gasteiger partial charge in [0.15, 0.2) is 0 Å². The van der Waals surface area contributed by atoms with Crippen molar-refractivity contribution in [3.63, 3.8) is 0 Å². The number of rotatable bonds is 4. The molecule has 8 nitrogen and oxygen atoms in total. The monoisotopic (exact) mass is 446 g/mol. The number of nitrogens with zero attached hydrogens (tertiary/aromatic N) is 5. The van der Waals surface area contributed by atoms with Crippen LogP contribution in [-0.4, -0.2) is 45.5 Å². The number of hydrogen-bond donors (Lipinski definition) is 3. The van der Waals surface area contributed by atoms with Gasteiger partial charge in [-0.3, -0.25) is 4.98 Å². The number of nitrogens with two attached hydrogens (primary N) is 3. The van der Waals surface area contributed by atoms with Gasteiger partial charge >= 0.3 is 6.18 Å². The molecule has 11 heteroatoms. The van der Waals surface area contributed by atoms with Crippen molar-refractivity contribution in [2.45, 2.75) is 32.0 Å². The second kappa shape index (κ2) is 8.40. The first-order valence-corrected chi connectivity index (χ1v) is 10.3. The molecule has 1 saturated heterocycles. The summed E-state index contributed by atoms with van der Waals surface area (Å²) in [6.45, 7) is 4.95. The molecule has 3 aromatic heterocycles. The van der Waals surface area contributed by atoms with E-state index >= 15 is 0 Å². The predicted molar refractivity (Wildman–Crippen MR) is 118 cm³/mol. The minimum atomic E-state index is -4.62. The van der Waals surface area contributed by atoms with Crippen LogP contribution in [0.4, 0.5) is 30.4 Å². The van der Waals surface area contributed by atoms with Gasteiger partial charge in [-0.25, -0.2) is 15.8 Å². The minimum absolute atomic E-state index is 0.0613. The molecular weight excluding hydrogens is 421 g/mol. The van der Waals surface area contributed by atoms with Crippen molar-refractivity contribution >= 4 is 28.2 Å². The zero-order valence-electron chi connectivity index (χ0n) is 17.6. The number of hydrazine groups is 1. The van der Waals surface area contributed by atoms with Crippen LogP contribution < -0.4 is 22.3 Å². The van der Waals surface area contributed by atoms with Crippen LogP contribution in [0.15, 0.2) is 30.6 Å². The number of pyridine rings is 3. The van der Waals surface area contributed by atoms with Gasteiger partial charge < -0.3 is 21.4 Å². The fourth-order valence-corrected chi connectivity index (χ4v) is 4.04. The van der Waals surface area contributed by atoms with E-state index in [0.29, 0.717) is 28.1 Å². The fraction of sp³-hybridized carbons (Fsp3) is 0.381. The summed E-state index contributed by atoms with van der Waals surface area (Å²) < 4.78 is 39.9. The van der Waals surface area contributed by atoms with Crippen LogP contribution in [0, 0.1) is 0 Å². The smallest absolute Gasteiger partial charge is 0.396 e. The molecule has 0 aromatic carbocycles. The van der Waals surface area contributed by atoms with Gasteiger partial charge in [-0.1, -0.05) is 6.92 Å². The average molecular weight is 446 g/mol. The van der Waals surface area contributed by atoms with Crippen LogP contribution in [0.25, 0.3) is 22.3 Å². The molecule has 0 aliphatic carbocycles. The van der Waals surface area contributed by atoms with Crippen molar-refractivity contribution in [2.75, 3.05) is 36.1 Å². The molecule has 0 saturated carbocycles. The van der Waals surface area contributed by atoms with Crippen LogP contribution in [0.3, 0.4) is 0 Å². The number of alkyl halides is 3. The standard InChI is InChI=1S/C21H25F3N8/c1-2-31-7-5-13(6-8-31)32(27)19-15(25)11-28-17-4-3-16(30-18(17)19)12-9-14(21(22,23)24)20(26)29-10-12/h3-4,9-11,13H,2,5-8,25,27H2,1H3,(H2,26,29). The van der Waals surface area contributed by atoms with Crippen LogP contribution in [0.1, 0.15) is 25.3 Å². The Hall–Kier alpha value is -3.18. The third-order valence-corrected chi connectivity index (χ3v) is 5.89. The maximum Gasteiger partial charge on any atom is 0.419 e. The van der Waals surface area contributed by atoms with Crippen LogP contribution in [0.2, 0.25) is 0 Å². The Balaban J connectivity index is 1.76. The molecule has 32 heavy (non-hydrogen) atoms. The molecule has 0 atom stereocenters. The van der Waals surface area contributed by atoms with Gasteiger partial charge in [0, 0.05) is 30.9 Å². The Morgan fingerprint density at radius 3 is 2.50 bits per heavy atom. The van der Waals surface area contributed by atoms with E-state index in [1.807, 2.05) is 0 Å². The van der Waals surface area contributed by atoms with Gasteiger partial charge in [0.25, 0.3) is 0 Å². The van der Waals surface area contributed by atoms with Gasteiger partial charge in [0.05, 0.1) is 28.7 Å². The second-order valence-electron chi connectivity index (χ2n) is 7.85. The molecule has 3 aromatic rings. The number of piperidine rings is 1. The maximum absolute atomic E-state index is 13.3. The number of hydrogen-bond acceptors (Lipinski definition) is 8. The summed E-state index contributed by atoms with van der Waals surface area (Å²) in [6.07, 6.45) is -0.109. The first-order chi connectivity index (χ1) is 15.2. The lowest BCUT2D eigenvalue weighted by atomic mass is 10.0. The van der Waals surface area contributed by atoms with E-state index in [0.717, 1.165) is 38.5 Å². The highest BCUT2D eigenvalue weighted by Gasteiger charge is 2.34. The SMILES string of the molecule is CCN1CCC(N(N)c2c(N)cnc3ccc(-c4cnc(N)c(C(F)(F)F)c4)nc23)CC1. The van der Waals surface area contributed by atoms with Crippen molar-refractivity contribution in [3.8, 4) is 11.3 Å². The summed E-state index contributed by atoms with van der Waals surface area (Å²) in [4.78, 5) is 14.9. The van der Waals surface area contributed by atoms with Gasteiger partial charge in [0.1, 0.15) is 17.0 Å². The molecule has 0 unspecified atom stereocenters. The predicted octanol–water partition coefficient (Wildman–Crippen LogP) is 3.04. The zero-order chi connectivity index (χ0) is 23.0. The summed E-state index contributed by atoms with van der Waals surface area (Å²) in [5.74, 6) is 5.92. The van der Waals surface area contributed by atoms with Crippen LogP contribution >= 0.6 is 0 Å². The zero-order valence-corrected chi connectivity index (χ0v) is 17.6. The first-order valence-electron chi connectivity index (χ1n) is 10.3. The topological polar surface area (TPSA) is 123 Å². The highest BCUT2D eigenvalue weighted by atomic mass is 19.4. The Morgan fingerprint density at radius 2 is 1.84 bits per heavy atom. The maximum atomic E-state index is 13.3. The lowest BCUT2D eigenvalue weighted by Gasteiger charge is -2.37. The Bertz CT molecular complexity index is 1130. The molecule has 4 rings (SSSR count). The average Bonchev–Trinajstić information content (AvgIpc) is 2.78. The molecule has 6 N–H and O–H groups in total. The van der Waals surface area contributed by atoms with E-state index in [2.05, 4.69) is 26.8 Å². The summed E-state index contributed by atoms with van der Waals surface area (Å²) in [5.41, 5.74) is 13.0. The quantitative estimate of drug-likeness (QED) is 0.413. The van der Waals surface area contributed by atoms with Crippen molar-refractivity contribution in [1.29, 1.82) is 0 Å². The molecule has 0 bridgehead atoms. The van der Waals surface area contributed by atoms with Crippen molar-refractivity contribution < 1.29 is 13.2 Å². The molecule has 0 spiro atoms. The number of halogens is 3. The molecule has 4 heterocycles. The van der Waals surface area contributed by atoms with Gasteiger partial charge in [-0.05, 0) is 37.6 Å². The number of fused-ring (bicyclic) bond motifs is 1. The highest BCUT2D eigenvalue weighted by Crippen LogP contribution is 2.36. The summed E-state index contributed by atoms with van der Waals surface area (Å²) in [6, 6.07) is 4.27. The summed E-state index contributed by atoms with van der Waals surface area (Å²) in [7, 11) is 0. The normalized spacial score (nSPS) is 15.9. The molecule has 0 radical (unpaired) electrons. The van der Waals surface area contributed by atoms with Crippen molar-refractivity contribution in [2.24, 2.45) is 5.84 Å². The van der Waals surface area contributed by atoms with Gasteiger partial charge in [0.2, 0.25) is 0 Å². The molecule has 1 aliphatic rings. The number of aromatic nitrogens is 3. The van der Waals surface area contributed by atoms with Crippen molar-refractivity contribution in [3.05, 3.63) is 36.2 Å². The lowest BCUT2D eigenvalue weighted by Crippen LogP contribution is -2.48. The van der Waals surface area contributed by atoms with E-state index < -0.39 is 17.6 Å². The van der Waals surface area contributed by atoms with E-state index in [9.17, 15) is 13.2 Å². The first kappa shape index (κ1) is 22.0. The van der Waals surface area contributed by atoms with Crippen molar-refractivity contribution in [1.82, 2.24) is 19.9 Å². The Labute approximate surface area is 183 Å². The Morgan fingerprint density at radius 1 is 1.12 bits per heavy atom. The van der Waals surface area contributed by atoms with E-state index in [1.165, 1.54) is 12.4 Å². The third kappa shape index (κ3) is 4.13. The minimum Gasteiger partial charge on any atom is -0.396 e. The van der Waals surface area contributed by atoms with Crippen LogP contribution in [-0.2, 0) is 6.18 Å². The summed E-state index contributed by atoms with van der Waals surface area (Å²) >= 11 is 0. The number of anilines is 3. The van der Waals surface area contributed by atoms with E-state index in [-0.39, 0.29) is 11.6 Å². The molecule has 0 amide bonds. The molecule has 1 fully saturated rings. The number of nitrogen functional groups attached to an aromatic ring is 2. The summed E-state index contributed by atoms with van der Waals surface area (Å²) in [5, 5.41) is 1.63. The lowest BCUT2D eigenvalue weighted by molar-refractivity contribution is -0.137. The molecule has 1 aliphatic heterocycles. The molecular formula is C21H25F3N8. The van der Waals surface area contributed by atoms with E-state index in [1.54, 1.807) is 17.1 Å². The van der Waals surface area contributed by atoms with Gasteiger partial charge in [-0.2, -0.15) is 13.2 Å². The van der Waals surface area contributed by atoms with E-state index in [4.69, 9.17) is 17.3 Å². The number of likely N-dealkylation sites (tertiary alicyclic amines) is 1. The third-order valence-electron chi connectivity index (χ3n) is 5.89. The van der Waals surface area contributed by atoms with Gasteiger partial charge in [-0.15, -0.1) is 0 Å². The second-order valence-corrected chi connectivity index (χ2v) is 7.85. The highest BCUT2D eigenvalue weighted by molar-refractivity contribution is 5.95. The largest absolute Gasteiger partial charge is 0.419 e. The van der Waals surface area contributed by atoms with Crippen LogP contribution in [0.5, 0.6) is 0 Å². The Kier molecular flexibility index (Phi) is 5.78.